The number of carbonyl (C=O) groups is 1. The minimum Gasteiger partial charge on any atom is -0.490 e. The molecule has 8 nitrogen and oxygen atoms in total. The third-order valence-electron chi connectivity index (χ3n) is 5.18. The van der Waals surface area contributed by atoms with Gasteiger partial charge in [-0.1, -0.05) is 48.5 Å². The number of carbonyl (C=O) groups excluding carboxylic acids is 1. The molecule has 2 N–H and O–H groups in total. The maximum atomic E-state index is 12.7. The normalized spacial score (nSPS) is 13.1. The molecule has 0 aliphatic carbocycles. The lowest BCUT2D eigenvalue weighted by Crippen LogP contribution is -2.43. The summed E-state index contributed by atoms with van der Waals surface area (Å²) in [4.78, 5) is 12.7. The number of benzene rings is 3. The van der Waals surface area contributed by atoms with E-state index in [1.54, 1.807) is 11.1 Å². The fourth-order valence-electron chi connectivity index (χ4n) is 3.47. The van der Waals surface area contributed by atoms with Crippen molar-refractivity contribution in [3.8, 4) is 11.5 Å². The van der Waals surface area contributed by atoms with E-state index in [2.05, 4.69) is 10.1 Å². The average molecular weight is 482 g/mol. The molecule has 0 aromatic heterocycles. The van der Waals surface area contributed by atoms with Crippen molar-refractivity contribution < 1.29 is 22.7 Å². The molecule has 1 amide bonds. The lowest BCUT2D eigenvalue weighted by molar-refractivity contribution is -0.121. The van der Waals surface area contributed by atoms with E-state index < -0.39 is 10.0 Å². The minimum atomic E-state index is -3.81. The van der Waals surface area contributed by atoms with Gasteiger partial charge in [-0.15, -0.1) is 0 Å². The van der Waals surface area contributed by atoms with Crippen LogP contribution in [0.2, 0.25) is 0 Å². The van der Waals surface area contributed by atoms with Gasteiger partial charge in [-0.25, -0.2) is 13.1 Å². The number of nitrogens with one attached hydrogen (secondary N) is 2. The zero-order chi connectivity index (χ0) is 23.8. The van der Waals surface area contributed by atoms with Crippen LogP contribution in [-0.4, -0.2) is 34.1 Å². The summed E-state index contributed by atoms with van der Waals surface area (Å²) in [6, 6.07) is 23.7. The van der Waals surface area contributed by atoms with Crippen LogP contribution in [0.4, 0.5) is 5.69 Å². The third-order valence-corrected chi connectivity index (χ3v) is 6.64. The Balaban J connectivity index is 1.36. The number of nitrogens with zero attached hydrogens (tertiary/aromatic N) is 1. The monoisotopic (exact) mass is 481 g/mol. The highest BCUT2D eigenvalue weighted by Gasteiger charge is 2.19. The highest BCUT2D eigenvalue weighted by molar-refractivity contribution is 7.89. The number of hydrogen-bond donors (Lipinski definition) is 2. The van der Waals surface area contributed by atoms with Crippen LogP contribution in [0, 0.1) is 0 Å². The standard InChI is InChI=1S/C25H27N3O5S/c29-25(27-28(21-10-5-2-6-11-21)19-20-8-3-1-4-9-20)14-15-26-34(30,31)22-12-13-23-24(18-22)33-17-7-16-32-23/h1-6,8-13,18,26H,7,14-17,19H2,(H,27,29). The van der Waals surface area contributed by atoms with Crippen LogP contribution in [0.3, 0.4) is 0 Å². The number of ether oxygens (including phenoxy) is 2. The fraction of sp³-hybridized carbons (Fsp3) is 0.240. The summed E-state index contributed by atoms with van der Waals surface area (Å²) in [7, 11) is -3.81. The summed E-state index contributed by atoms with van der Waals surface area (Å²) < 4.78 is 39.1. The van der Waals surface area contributed by atoms with Crippen molar-refractivity contribution in [3.05, 3.63) is 84.4 Å². The zero-order valence-electron chi connectivity index (χ0n) is 18.6. The number of rotatable bonds is 9. The largest absolute Gasteiger partial charge is 0.490 e. The van der Waals surface area contributed by atoms with Crippen molar-refractivity contribution >= 4 is 21.6 Å². The minimum absolute atomic E-state index is 0.0259. The first-order valence-electron chi connectivity index (χ1n) is 11.1. The number of hydrogen-bond acceptors (Lipinski definition) is 6. The van der Waals surface area contributed by atoms with Crippen molar-refractivity contribution in [1.82, 2.24) is 10.1 Å². The van der Waals surface area contributed by atoms with Gasteiger partial charge in [-0.05, 0) is 29.8 Å². The maximum Gasteiger partial charge on any atom is 0.240 e. The molecule has 4 rings (SSSR count). The molecule has 0 atom stereocenters. The van der Waals surface area contributed by atoms with E-state index in [4.69, 9.17) is 9.47 Å². The van der Waals surface area contributed by atoms with E-state index in [9.17, 15) is 13.2 Å². The average Bonchev–Trinajstić information content (AvgIpc) is 3.10. The number of hydrazine groups is 1. The van der Waals surface area contributed by atoms with E-state index in [1.807, 2.05) is 60.7 Å². The van der Waals surface area contributed by atoms with Gasteiger partial charge >= 0.3 is 0 Å². The molecule has 1 aliphatic heterocycles. The van der Waals surface area contributed by atoms with Crippen LogP contribution in [0.25, 0.3) is 0 Å². The Morgan fingerprint density at radius 1 is 0.882 bits per heavy atom. The first kappa shape index (κ1) is 23.6. The van der Waals surface area contributed by atoms with Gasteiger partial charge in [0.05, 0.1) is 30.3 Å². The molecule has 1 heterocycles. The van der Waals surface area contributed by atoms with Crippen molar-refractivity contribution in [2.45, 2.75) is 24.3 Å². The second-order valence-electron chi connectivity index (χ2n) is 7.75. The molecule has 0 saturated carbocycles. The van der Waals surface area contributed by atoms with Gasteiger partial charge in [0.25, 0.3) is 0 Å². The zero-order valence-corrected chi connectivity index (χ0v) is 19.5. The SMILES string of the molecule is O=C(CCNS(=O)(=O)c1ccc2c(c1)OCCCO2)NN(Cc1ccccc1)c1ccccc1. The fourth-order valence-corrected chi connectivity index (χ4v) is 4.52. The van der Waals surface area contributed by atoms with Crippen molar-refractivity contribution in [2.75, 3.05) is 24.8 Å². The number of fused-ring (bicyclic) bond motifs is 1. The number of amides is 1. The van der Waals surface area contributed by atoms with E-state index in [0.29, 0.717) is 31.3 Å². The summed E-state index contributed by atoms with van der Waals surface area (Å²) in [6.07, 6.45) is 0.705. The number of anilines is 1. The van der Waals surface area contributed by atoms with E-state index in [0.717, 1.165) is 17.7 Å². The second-order valence-corrected chi connectivity index (χ2v) is 9.52. The Morgan fingerprint density at radius 3 is 2.29 bits per heavy atom. The molecular formula is C25H27N3O5S. The van der Waals surface area contributed by atoms with Crippen molar-refractivity contribution in [3.63, 3.8) is 0 Å². The van der Waals surface area contributed by atoms with Gasteiger partial charge in [-0.3, -0.25) is 15.2 Å². The second kappa shape index (κ2) is 11.0. The Morgan fingerprint density at radius 2 is 1.56 bits per heavy atom. The first-order valence-corrected chi connectivity index (χ1v) is 12.5. The van der Waals surface area contributed by atoms with Gasteiger partial charge in [0.1, 0.15) is 0 Å². The molecule has 0 radical (unpaired) electrons. The summed E-state index contributed by atoms with van der Waals surface area (Å²) >= 11 is 0. The number of sulfonamides is 1. The maximum absolute atomic E-state index is 12.7. The summed E-state index contributed by atoms with van der Waals surface area (Å²) in [5, 5.41) is 1.75. The third kappa shape index (κ3) is 6.27. The predicted molar refractivity (Wildman–Crippen MR) is 129 cm³/mol. The Labute approximate surface area is 199 Å². The van der Waals surface area contributed by atoms with E-state index >= 15 is 0 Å². The molecule has 3 aromatic rings. The van der Waals surface area contributed by atoms with Crippen LogP contribution in [-0.2, 0) is 21.4 Å². The molecule has 9 heteroatoms. The summed E-state index contributed by atoms with van der Waals surface area (Å²) in [5.74, 6) is 0.619. The van der Waals surface area contributed by atoms with Crippen LogP contribution >= 0.6 is 0 Å². The van der Waals surface area contributed by atoms with Gasteiger partial charge in [-0.2, -0.15) is 0 Å². The predicted octanol–water partition coefficient (Wildman–Crippen LogP) is 3.25. The Hall–Kier alpha value is -3.56. The van der Waals surface area contributed by atoms with Crippen molar-refractivity contribution in [2.24, 2.45) is 0 Å². The van der Waals surface area contributed by atoms with E-state index in [1.165, 1.54) is 12.1 Å². The molecule has 0 bridgehead atoms. The van der Waals surface area contributed by atoms with Crippen LogP contribution in [0.1, 0.15) is 18.4 Å². The molecule has 0 spiro atoms. The highest BCUT2D eigenvalue weighted by Crippen LogP contribution is 2.31. The van der Waals surface area contributed by atoms with Crippen LogP contribution < -0.4 is 24.6 Å². The Kier molecular flexibility index (Phi) is 7.66. The van der Waals surface area contributed by atoms with Gasteiger partial charge in [0.2, 0.25) is 15.9 Å². The molecular weight excluding hydrogens is 454 g/mol. The molecule has 0 unspecified atom stereocenters. The first-order chi connectivity index (χ1) is 16.5. The molecule has 34 heavy (non-hydrogen) atoms. The van der Waals surface area contributed by atoms with Gasteiger partial charge in [0, 0.05) is 25.5 Å². The Bertz CT molecular complexity index is 1200. The topological polar surface area (TPSA) is 97.0 Å². The summed E-state index contributed by atoms with van der Waals surface area (Å²) in [6.45, 7) is 1.41. The van der Waals surface area contributed by atoms with Gasteiger partial charge < -0.3 is 9.47 Å². The van der Waals surface area contributed by atoms with Crippen molar-refractivity contribution in [1.29, 1.82) is 0 Å². The molecule has 3 aromatic carbocycles. The molecule has 1 aliphatic rings. The lowest BCUT2D eigenvalue weighted by atomic mass is 10.2. The van der Waals surface area contributed by atoms with Gasteiger partial charge in [0.15, 0.2) is 11.5 Å². The lowest BCUT2D eigenvalue weighted by Gasteiger charge is -2.25. The van der Waals surface area contributed by atoms with Crippen LogP contribution in [0.5, 0.6) is 11.5 Å². The number of para-hydroxylation sites is 1. The van der Waals surface area contributed by atoms with Crippen LogP contribution in [0.15, 0.2) is 83.8 Å². The highest BCUT2D eigenvalue weighted by atomic mass is 32.2. The summed E-state index contributed by atoms with van der Waals surface area (Å²) in [5.41, 5.74) is 4.73. The van der Waals surface area contributed by atoms with E-state index in [-0.39, 0.29) is 23.8 Å². The molecule has 178 valence electrons. The quantitative estimate of drug-likeness (QED) is 0.456. The molecule has 0 saturated heterocycles. The smallest absolute Gasteiger partial charge is 0.240 e. The molecule has 0 fully saturated rings.